The van der Waals surface area contributed by atoms with E-state index in [4.69, 9.17) is 5.73 Å². The van der Waals surface area contributed by atoms with Crippen molar-refractivity contribution < 1.29 is 14.7 Å². The summed E-state index contributed by atoms with van der Waals surface area (Å²) in [6.07, 6.45) is 2.40. The largest absolute Gasteiger partial charge is 0.481 e. The van der Waals surface area contributed by atoms with Gasteiger partial charge in [-0.05, 0) is 61.1 Å². The molecule has 7 nitrogen and oxygen atoms in total. The van der Waals surface area contributed by atoms with Gasteiger partial charge in [-0.25, -0.2) is 0 Å². The van der Waals surface area contributed by atoms with Crippen LogP contribution in [0.1, 0.15) is 59.2 Å². The Morgan fingerprint density at radius 3 is 2.30 bits per heavy atom. The molecule has 192 valence electrons. The van der Waals surface area contributed by atoms with Crippen molar-refractivity contribution in [1.29, 1.82) is 0 Å². The van der Waals surface area contributed by atoms with Crippen molar-refractivity contribution in [2.45, 2.75) is 38.5 Å². The van der Waals surface area contributed by atoms with Gasteiger partial charge in [-0.3, -0.25) is 9.59 Å². The maximum absolute atomic E-state index is 12.7. The van der Waals surface area contributed by atoms with Crippen molar-refractivity contribution in [1.82, 2.24) is 4.98 Å². The van der Waals surface area contributed by atoms with E-state index in [1.54, 1.807) is 6.07 Å². The molecule has 37 heavy (non-hydrogen) atoms. The maximum Gasteiger partial charge on any atom is 0.303 e. The standard InChI is InChI=1S/C30H34N4O3/c1-3-32-26-15-14-21(30(31)37)28(29(26)33-4-2)23(17-27(35)36)22(16-19-10-6-5-7-11-19)24-18-34-25-13-9-8-12-20(24)25/h5-15,18,22-23,32-34H,3-4,16-17H2,1-2H3,(H2,31,37)(H,35,36)/t22?,23-/m0/s1. The van der Waals surface area contributed by atoms with Gasteiger partial charge in [0.05, 0.1) is 17.8 Å². The summed E-state index contributed by atoms with van der Waals surface area (Å²) in [5.41, 5.74) is 11.5. The Bertz CT molecular complexity index is 1380. The van der Waals surface area contributed by atoms with Crippen molar-refractivity contribution in [2.75, 3.05) is 23.7 Å². The summed E-state index contributed by atoms with van der Waals surface area (Å²) in [7, 11) is 0. The number of aromatic nitrogens is 1. The van der Waals surface area contributed by atoms with Gasteiger partial charge in [-0.15, -0.1) is 0 Å². The van der Waals surface area contributed by atoms with E-state index in [2.05, 4.69) is 27.8 Å². The van der Waals surface area contributed by atoms with Crippen molar-refractivity contribution >= 4 is 34.2 Å². The van der Waals surface area contributed by atoms with Crippen molar-refractivity contribution in [3.05, 3.63) is 95.2 Å². The molecule has 1 heterocycles. The number of amides is 1. The number of para-hydroxylation sites is 1. The molecule has 0 bridgehead atoms. The molecule has 1 aromatic heterocycles. The molecule has 4 aromatic rings. The molecule has 4 rings (SSSR count). The lowest BCUT2D eigenvalue weighted by Gasteiger charge is -2.31. The van der Waals surface area contributed by atoms with E-state index in [9.17, 15) is 14.7 Å². The van der Waals surface area contributed by atoms with Crippen LogP contribution >= 0.6 is 0 Å². The molecule has 0 fully saturated rings. The number of aliphatic carboxylic acids is 1. The second-order valence-corrected chi connectivity index (χ2v) is 9.16. The average molecular weight is 499 g/mol. The summed E-state index contributed by atoms with van der Waals surface area (Å²) < 4.78 is 0. The number of fused-ring (bicyclic) bond motifs is 1. The zero-order valence-electron chi connectivity index (χ0n) is 21.3. The minimum absolute atomic E-state index is 0.161. The van der Waals surface area contributed by atoms with Gasteiger partial charge in [-0.2, -0.15) is 0 Å². The molecular weight excluding hydrogens is 464 g/mol. The first kappa shape index (κ1) is 25.8. The Hall–Kier alpha value is -4.26. The van der Waals surface area contributed by atoms with Gasteiger partial charge in [0, 0.05) is 41.7 Å². The highest BCUT2D eigenvalue weighted by atomic mass is 16.4. The number of carbonyl (C=O) groups excluding carboxylic acids is 1. The number of H-pyrrole nitrogens is 1. The first-order chi connectivity index (χ1) is 17.9. The van der Waals surface area contributed by atoms with Crippen molar-refractivity contribution in [3.8, 4) is 0 Å². The van der Waals surface area contributed by atoms with E-state index in [0.29, 0.717) is 30.6 Å². The number of carboxylic acids is 1. The number of hydrogen-bond donors (Lipinski definition) is 5. The monoisotopic (exact) mass is 498 g/mol. The molecule has 0 aliphatic heterocycles. The van der Waals surface area contributed by atoms with Crippen LogP contribution in [0, 0.1) is 0 Å². The predicted octanol–water partition coefficient (Wildman–Crippen LogP) is 5.72. The number of rotatable bonds is 12. The van der Waals surface area contributed by atoms with Crippen LogP contribution in [0.4, 0.5) is 11.4 Å². The Balaban J connectivity index is 2.01. The third-order valence-electron chi connectivity index (χ3n) is 6.80. The first-order valence-corrected chi connectivity index (χ1v) is 12.7. The number of carbonyl (C=O) groups is 2. The van der Waals surface area contributed by atoms with Crippen LogP contribution in [-0.2, 0) is 11.2 Å². The second kappa shape index (κ2) is 11.6. The van der Waals surface area contributed by atoms with Gasteiger partial charge >= 0.3 is 5.97 Å². The Kier molecular flexibility index (Phi) is 8.13. The molecule has 3 aromatic carbocycles. The first-order valence-electron chi connectivity index (χ1n) is 12.7. The molecule has 0 aliphatic rings. The number of primary amides is 1. The minimum Gasteiger partial charge on any atom is -0.481 e. The SMILES string of the molecule is CCNc1ccc(C(N)=O)c([C@@H](CC(=O)O)C(Cc2ccccc2)c2c[nH]c3ccccc23)c1NCC. The fraction of sp³-hybridized carbons (Fsp3) is 0.267. The Labute approximate surface area is 217 Å². The summed E-state index contributed by atoms with van der Waals surface area (Å²) in [6, 6.07) is 21.6. The normalized spacial score (nSPS) is 12.7. The molecule has 0 aliphatic carbocycles. The molecular formula is C30H34N4O3. The number of aromatic amines is 1. The molecule has 7 heteroatoms. The molecule has 0 saturated heterocycles. The van der Waals surface area contributed by atoms with Gasteiger partial charge in [0.1, 0.15) is 0 Å². The highest BCUT2D eigenvalue weighted by Crippen LogP contribution is 2.46. The van der Waals surface area contributed by atoms with Crippen LogP contribution in [-0.4, -0.2) is 35.1 Å². The molecule has 0 spiro atoms. The van der Waals surface area contributed by atoms with Crippen LogP contribution < -0.4 is 16.4 Å². The highest BCUT2D eigenvalue weighted by molar-refractivity contribution is 5.98. The Morgan fingerprint density at radius 1 is 0.919 bits per heavy atom. The number of carboxylic acid groups (broad SMARTS) is 1. The zero-order valence-corrected chi connectivity index (χ0v) is 21.3. The van der Waals surface area contributed by atoms with Crippen LogP contribution in [0.15, 0.2) is 72.9 Å². The lowest BCUT2D eigenvalue weighted by molar-refractivity contribution is -0.137. The van der Waals surface area contributed by atoms with E-state index in [0.717, 1.165) is 33.4 Å². The van der Waals surface area contributed by atoms with Crippen LogP contribution in [0.5, 0.6) is 0 Å². The summed E-state index contributed by atoms with van der Waals surface area (Å²) in [4.78, 5) is 28.5. The third-order valence-corrected chi connectivity index (χ3v) is 6.80. The lowest BCUT2D eigenvalue weighted by atomic mass is 9.74. The summed E-state index contributed by atoms with van der Waals surface area (Å²) in [6.45, 7) is 5.25. The summed E-state index contributed by atoms with van der Waals surface area (Å²) in [5, 5.41) is 17.9. The maximum atomic E-state index is 12.7. The fourth-order valence-corrected chi connectivity index (χ4v) is 5.30. The summed E-state index contributed by atoms with van der Waals surface area (Å²) in [5.74, 6) is -2.30. The summed E-state index contributed by atoms with van der Waals surface area (Å²) >= 11 is 0. The molecule has 0 saturated carbocycles. The molecule has 1 unspecified atom stereocenters. The van der Waals surface area contributed by atoms with Crippen molar-refractivity contribution in [3.63, 3.8) is 0 Å². The van der Waals surface area contributed by atoms with Crippen LogP contribution in [0.2, 0.25) is 0 Å². The number of hydrogen-bond acceptors (Lipinski definition) is 4. The van der Waals surface area contributed by atoms with Crippen LogP contribution in [0.25, 0.3) is 10.9 Å². The van der Waals surface area contributed by atoms with Gasteiger partial charge in [0.25, 0.3) is 0 Å². The Morgan fingerprint density at radius 2 is 1.62 bits per heavy atom. The molecule has 0 radical (unpaired) electrons. The number of anilines is 2. The van der Waals surface area contributed by atoms with Gasteiger partial charge in [-0.1, -0.05) is 48.5 Å². The predicted molar refractivity (Wildman–Crippen MR) is 149 cm³/mol. The van der Waals surface area contributed by atoms with Gasteiger partial charge < -0.3 is 26.5 Å². The fourth-order valence-electron chi connectivity index (χ4n) is 5.30. The quantitative estimate of drug-likeness (QED) is 0.171. The van der Waals surface area contributed by atoms with Gasteiger partial charge in [0.2, 0.25) is 5.91 Å². The van der Waals surface area contributed by atoms with E-state index < -0.39 is 17.8 Å². The zero-order chi connectivity index (χ0) is 26.4. The second-order valence-electron chi connectivity index (χ2n) is 9.16. The molecule has 1 amide bonds. The van der Waals surface area contributed by atoms with Crippen molar-refractivity contribution in [2.24, 2.45) is 5.73 Å². The van der Waals surface area contributed by atoms with E-state index in [1.165, 1.54) is 0 Å². The van der Waals surface area contributed by atoms with E-state index >= 15 is 0 Å². The number of benzene rings is 3. The molecule has 2 atom stereocenters. The topological polar surface area (TPSA) is 120 Å². The van der Waals surface area contributed by atoms with Gasteiger partial charge in [0.15, 0.2) is 0 Å². The number of nitrogens with one attached hydrogen (secondary N) is 3. The van der Waals surface area contributed by atoms with Crippen LogP contribution in [0.3, 0.4) is 0 Å². The minimum atomic E-state index is -0.936. The smallest absolute Gasteiger partial charge is 0.303 e. The number of nitrogens with two attached hydrogens (primary N) is 1. The van der Waals surface area contributed by atoms with E-state index in [-0.39, 0.29) is 12.3 Å². The highest BCUT2D eigenvalue weighted by Gasteiger charge is 2.34. The van der Waals surface area contributed by atoms with E-state index in [1.807, 2.05) is 68.6 Å². The third kappa shape index (κ3) is 5.61. The molecule has 6 N–H and O–H groups in total. The lowest BCUT2D eigenvalue weighted by Crippen LogP contribution is -2.24. The average Bonchev–Trinajstić information content (AvgIpc) is 3.31.